The molecule has 0 bridgehead atoms. The van der Waals surface area contributed by atoms with Crippen molar-refractivity contribution in [1.29, 1.82) is 0 Å². The molecular weight excluding hydrogens is 402 g/mol. The maximum atomic E-state index is 12.5. The van der Waals surface area contributed by atoms with Gasteiger partial charge in [0.2, 0.25) is 5.91 Å². The van der Waals surface area contributed by atoms with Crippen LogP contribution in [0.2, 0.25) is 0 Å². The average Bonchev–Trinajstić information content (AvgIpc) is 2.59. The zero-order valence-electron chi connectivity index (χ0n) is 13.7. The van der Waals surface area contributed by atoms with Crippen LogP contribution in [-0.4, -0.2) is 21.2 Å². The first kappa shape index (κ1) is 17.7. The van der Waals surface area contributed by atoms with Crippen LogP contribution in [0.1, 0.15) is 5.56 Å². The number of hydrogen-bond acceptors (Lipinski definition) is 4. The molecule has 0 atom stereocenters. The Morgan fingerprint density at radius 3 is 2.80 bits per heavy atom. The Balaban J connectivity index is 1.78. The number of nitrogens with one attached hydrogen (secondary N) is 1. The number of carbonyl (C=O) groups is 1. The molecular formula is C18H16BrN3O2S. The maximum absolute atomic E-state index is 12.5. The summed E-state index contributed by atoms with van der Waals surface area (Å²) in [4.78, 5) is 29.2. The van der Waals surface area contributed by atoms with Crippen molar-refractivity contribution in [2.24, 2.45) is 7.05 Å². The quantitative estimate of drug-likeness (QED) is 0.518. The standard InChI is InChI=1S/C18H16BrN3O2S/c1-11-5-3-4-6-14(11)20-16(23)10-25-18-21-15-8-7-12(19)9-13(15)17(24)22(18)2/h3-9H,10H2,1-2H3,(H,20,23). The van der Waals surface area contributed by atoms with Crippen molar-refractivity contribution in [3.05, 3.63) is 62.9 Å². The van der Waals surface area contributed by atoms with Crippen molar-refractivity contribution in [2.75, 3.05) is 11.1 Å². The number of aromatic nitrogens is 2. The minimum absolute atomic E-state index is 0.131. The molecule has 0 saturated carbocycles. The van der Waals surface area contributed by atoms with Gasteiger partial charge in [0, 0.05) is 17.2 Å². The van der Waals surface area contributed by atoms with E-state index in [1.165, 1.54) is 16.3 Å². The van der Waals surface area contributed by atoms with E-state index >= 15 is 0 Å². The minimum Gasteiger partial charge on any atom is -0.325 e. The van der Waals surface area contributed by atoms with Gasteiger partial charge in [0.25, 0.3) is 5.56 Å². The summed E-state index contributed by atoms with van der Waals surface area (Å²) in [7, 11) is 1.66. The van der Waals surface area contributed by atoms with Crippen molar-refractivity contribution in [1.82, 2.24) is 9.55 Å². The fraction of sp³-hybridized carbons (Fsp3) is 0.167. The SMILES string of the molecule is Cc1ccccc1NC(=O)CSc1nc2ccc(Br)cc2c(=O)n1C. The monoisotopic (exact) mass is 417 g/mol. The predicted molar refractivity (Wildman–Crippen MR) is 105 cm³/mol. The molecule has 2 aromatic carbocycles. The van der Waals surface area contributed by atoms with E-state index in [0.29, 0.717) is 16.1 Å². The summed E-state index contributed by atoms with van der Waals surface area (Å²) in [5.74, 6) is 0.0425. The number of thioether (sulfide) groups is 1. The van der Waals surface area contributed by atoms with Crippen LogP contribution >= 0.6 is 27.7 Å². The van der Waals surface area contributed by atoms with Crippen molar-refractivity contribution < 1.29 is 4.79 Å². The van der Waals surface area contributed by atoms with Gasteiger partial charge in [-0.05, 0) is 36.8 Å². The molecule has 0 unspecified atom stereocenters. The molecule has 0 aliphatic heterocycles. The Hall–Kier alpha value is -2.12. The van der Waals surface area contributed by atoms with Crippen LogP contribution in [0.25, 0.3) is 10.9 Å². The lowest BCUT2D eigenvalue weighted by Crippen LogP contribution is -2.21. The van der Waals surface area contributed by atoms with Gasteiger partial charge in [-0.1, -0.05) is 45.9 Å². The highest BCUT2D eigenvalue weighted by molar-refractivity contribution is 9.10. The molecule has 128 valence electrons. The van der Waals surface area contributed by atoms with E-state index in [2.05, 4.69) is 26.2 Å². The van der Waals surface area contributed by atoms with Crippen LogP contribution in [0.15, 0.2) is 56.9 Å². The lowest BCUT2D eigenvalue weighted by atomic mass is 10.2. The van der Waals surface area contributed by atoms with Crippen molar-refractivity contribution >= 4 is 50.2 Å². The second-order valence-electron chi connectivity index (χ2n) is 5.57. The largest absolute Gasteiger partial charge is 0.325 e. The zero-order valence-corrected chi connectivity index (χ0v) is 16.1. The lowest BCUT2D eigenvalue weighted by molar-refractivity contribution is -0.113. The fourth-order valence-electron chi connectivity index (χ4n) is 2.38. The highest BCUT2D eigenvalue weighted by Crippen LogP contribution is 2.20. The molecule has 0 fully saturated rings. The van der Waals surface area contributed by atoms with E-state index in [9.17, 15) is 9.59 Å². The Kier molecular flexibility index (Phi) is 5.24. The summed E-state index contributed by atoms with van der Waals surface area (Å²) < 4.78 is 2.30. The second kappa shape index (κ2) is 7.41. The number of carbonyl (C=O) groups excluding carboxylic acids is 1. The van der Waals surface area contributed by atoms with Crippen LogP contribution in [0, 0.1) is 6.92 Å². The number of amides is 1. The lowest BCUT2D eigenvalue weighted by Gasteiger charge is -2.10. The molecule has 7 heteroatoms. The van der Waals surface area contributed by atoms with Crippen LogP contribution in [-0.2, 0) is 11.8 Å². The summed E-state index contributed by atoms with van der Waals surface area (Å²) in [5, 5.41) is 3.94. The van der Waals surface area contributed by atoms with Gasteiger partial charge in [-0.2, -0.15) is 0 Å². The Morgan fingerprint density at radius 1 is 1.28 bits per heavy atom. The molecule has 5 nitrogen and oxygen atoms in total. The predicted octanol–water partition coefficient (Wildman–Crippen LogP) is 3.74. The summed E-state index contributed by atoms with van der Waals surface area (Å²) in [6.45, 7) is 1.94. The highest BCUT2D eigenvalue weighted by Gasteiger charge is 2.12. The third-order valence-corrected chi connectivity index (χ3v) is 5.27. The molecule has 1 aromatic heterocycles. The number of nitrogens with zero attached hydrogens (tertiary/aromatic N) is 2. The van der Waals surface area contributed by atoms with Gasteiger partial charge in [-0.3, -0.25) is 14.2 Å². The molecule has 25 heavy (non-hydrogen) atoms. The molecule has 0 spiro atoms. The average molecular weight is 418 g/mol. The number of para-hydroxylation sites is 1. The number of anilines is 1. The first-order chi connectivity index (χ1) is 12.0. The molecule has 0 aliphatic rings. The fourth-order valence-corrected chi connectivity index (χ4v) is 3.51. The number of aryl methyl sites for hydroxylation is 1. The molecule has 0 saturated heterocycles. The molecule has 0 aliphatic carbocycles. The van der Waals surface area contributed by atoms with Gasteiger partial charge in [0.05, 0.1) is 16.7 Å². The molecule has 1 N–H and O–H groups in total. The van der Waals surface area contributed by atoms with E-state index in [1.54, 1.807) is 19.2 Å². The van der Waals surface area contributed by atoms with Gasteiger partial charge in [0.15, 0.2) is 5.16 Å². The van der Waals surface area contributed by atoms with Gasteiger partial charge in [0.1, 0.15) is 0 Å². The van der Waals surface area contributed by atoms with Crippen molar-refractivity contribution in [3.63, 3.8) is 0 Å². The molecule has 1 heterocycles. The van der Waals surface area contributed by atoms with Gasteiger partial charge in [-0.25, -0.2) is 4.98 Å². The van der Waals surface area contributed by atoms with E-state index in [4.69, 9.17) is 0 Å². The van der Waals surface area contributed by atoms with E-state index < -0.39 is 0 Å². The summed E-state index contributed by atoms with van der Waals surface area (Å²) in [5.41, 5.74) is 2.28. The minimum atomic E-state index is -0.135. The molecule has 0 radical (unpaired) electrons. The first-order valence-corrected chi connectivity index (χ1v) is 9.38. The normalized spacial score (nSPS) is 10.8. The smallest absolute Gasteiger partial charge is 0.261 e. The molecule has 1 amide bonds. The third-order valence-electron chi connectivity index (χ3n) is 3.75. The number of fused-ring (bicyclic) bond motifs is 1. The first-order valence-electron chi connectivity index (χ1n) is 7.60. The maximum Gasteiger partial charge on any atom is 0.261 e. The van der Waals surface area contributed by atoms with Crippen LogP contribution < -0.4 is 10.9 Å². The summed E-state index contributed by atoms with van der Waals surface area (Å²) in [6, 6.07) is 13.0. The number of benzene rings is 2. The third kappa shape index (κ3) is 3.93. The van der Waals surface area contributed by atoms with E-state index in [-0.39, 0.29) is 17.2 Å². The Bertz CT molecular complexity index is 1020. The van der Waals surface area contributed by atoms with Crippen LogP contribution in [0.4, 0.5) is 5.69 Å². The van der Waals surface area contributed by atoms with Gasteiger partial charge in [-0.15, -0.1) is 0 Å². The van der Waals surface area contributed by atoms with Gasteiger partial charge < -0.3 is 5.32 Å². The summed E-state index contributed by atoms with van der Waals surface area (Å²) in [6.07, 6.45) is 0. The van der Waals surface area contributed by atoms with Crippen LogP contribution in [0.3, 0.4) is 0 Å². The number of halogens is 1. The van der Waals surface area contributed by atoms with Crippen molar-refractivity contribution in [3.8, 4) is 0 Å². The highest BCUT2D eigenvalue weighted by atomic mass is 79.9. The van der Waals surface area contributed by atoms with Crippen LogP contribution in [0.5, 0.6) is 0 Å². The van der Waals surface area contributed by atoms with Gasteiger partial charge >= 0.3 is 0 Å². The second-order valence-corrected chi connectivity index (χ2v) is 7.43. The Morgan fingerprint density at radius 2 is 2.04 bits per heavy atom. The molecule has 3 aromatic rings. The number of rotatable bonds is 4. The van der Waals surface area contributed by atoms with E-state index in [1.807, 2.05) is 37.3 Å². The zero-order chi connectivity index (χ0) is 18.0. The summed E-state index contributed by atoms with van der Waals surface area (Å²) >= 11 is 4.60. The topological polar surface area (TPSA) is 64.0 Å². The van der Waals surface area contributed by atoms with E-state index in [0.717, 1.165) is 15.7 Å². The number of hydrogen-bond donors (Lipinski definition) is 1. The van der Waals surface area contributed by atoms with Crippen molar-refractivity contribution in [2.45, 2.75) is 12.1 Å². The molecule has 3 rings (SSSR count). The Labute approximate surface area is 157 Å².